The number of methoxy groups -OCH3 is 1. The van der Waals surface area contributed by atoms with Crippen LogP contribution in [0.3, 0.4) is 0 Å². The van der Waals surface area contributed by atoms with Gasteiger partial charge in [0.25, 0.3) is 5.91 Å². The molecule has 1 unspecified atom stereocenters. The Morgan fingerprint density at radius 1 is 1.38 bits per heavy atom. The quantitative estimate of drug-likeness (QED) is 0.852. The van der Waals surface area contributed by atoms with Gasteiger partial charge in [0.05, 0.1) is 12.2 Å². The molecule has 1 aromatic heterocycles. The second kappa shape index (κ2) is 5.16. The number of nitrogens with one attached hydrogen (secondary N) is 1. The molecule has 0 saturated carbocycles. The number of ether oxygens (including phenoxy) is 1. The lowest BCUT2D eigenvalue weighted by atomic mass is 10.1. The van der Waals surface area contributed by atoms with Crippen LogP contribution in [0.4, 0.5) is 0 Å². The number of hydrogen-bond acceptors (Lipinski definition) is 3. The van der Waals surface area contributed by atoms with Crippen LogP contribution in [0.5, 0.6) is 0 Å². The van der Waals surface area contributed by atoms with Gasteiger partial charge in [-0.2, -0.15) is 0 Å². The van der Waals surface area contributed by atoms with Gasteiger partial charge in [-0.05, 0) is 27.7 Å². The van der Waals surface area contributed by atoms with E-state index in [1.54, 1.807) is 14.0 Å². The first kappa shape index (κ1) is 12.8. The molecule has 1 N–H and O–H groups in total. The summed E-state index contributed by atoms with van der Waals surface area (Å²) in [5.74, 6) is 1.36. The van der Waals surface area contributed by atoms with E-state index in [1.165, 1.54) is 0 Å². The minimum atomic E-state index is -0.101. The Hall–Kier alpha value is -1.29. The molecule has 0 radical (unpaired) electrons. The Balaban J connectivity index is 2.80. The molecular weight excluding hydrogens is 206 g/mol. The molecule has 0 aliphatic heterocycles. The third kappa shape index (κ3) is 2.64. The SMILES string of the molecule is COCC(C)NC(=O)c1c(C)oc(C)c1C. The molecule has 1 amide bonds. The molecule has 90 valence electrons. The second-order valence-electron chi connectivity index (χ2n) is 4.04. The van der Waals surface area contributed by atoms with E-state index in [9.17, 15) is 4.79 Å². The Morgan fingerprint density at radius 2 is 2.00 bits per heavy atom. The van der Waals surface area contributed by atoms with Gasteiger partial charge in [-0.3, -0.25) is 4.79 Å². The van der Waals surface area contributed by atoms with Crippen LogP contribution in [0.1, 0.15) is 34.4 Å². The third-order valence-electron chi connectivity index (χ3n) is 2.58. The highest BCUT2D eigenvalue weighted by atomic mass is 16.5. The highest BCUT2D eigenvalue weighted by molar-refractivity contribution is 5.97. The van der Waals surface area contributed by atoms with Gasteiger partial charge >= 0.3 is 0 Å². The van der Waals surface area contributed by atoms with Gasteiger partial charge < -0.3 is 14.5 Å². The van der Waals surface area contributed by atoms with Crippen LogP contribution in [-0.4, -0.2) is 25.7 Å². The van der Waals surface area contributed by atoms with E-state index in [-0.39, 0.29) is 11.9 Å². The average molecular weight is 225 g/mol. The monoisotopic (exact) mass is 225 g/mol. The normalized spacial score (nSPS) is 12.6. The van der Waals surface area contributed by atoms with Gasteiger partial charge in [0.2, 0.25) is 0 Å². The summed E-state index contributed by atoms with van der Waals surface area (Å²) >= 11 is 0. The summed E-state index contributed by atoms with van der Waals surface area (Å²) in [5, 5.41) is 2.87. The Kier molecular flexibility index (Phi) is 4.12. The summed E-state index contributed by atoms with van der Waals surface area (Å²) in [6, 6.07) is -0.00786. The molecule has 0 spiro atoms. The van der Waals surface area contributed by atoms with Crippen molar-refractivity contribution < 1.29 is 13.9 Å². The molecule has 0 saturated heterocycles. The van der Waals surface area contributed by atoms with Gasteiger partial charge in [0.15, 0.2) is 0 Å². The van der Waals surface area contributed by atoms with Gasteiger partial charge in [-0.25, -0.2) is 0 Å². The van der Waals surface area contributed by atoms with Gasteiger partial charge in [0, 0.05) is 18.7 Å². The highest BCUT2D eigenvalue weighted by Crippen LogP contribution is 2.20. The minimum Gasteiger partial charge on any atom is -0.466 e. The zero-order chi connectivity index (χ0) is 12.3. The highest BCUT2D eigenvalue weighted by Gasteiger charge is 2.19. The molecule has 0 aliphatic rings. The van der Waals surface area contributed by atoms with Crippen molar-refractivity contribution in [3.63, 3.8) is 0 Å². The smallest absolute Gasteiger partial charge is 0.255 e. The molecule has 1 atom stereocenters. The first-order chi connectivity index (χ1) is 7.47. The van der Waals surface area contributed by atoms with Crippen LogP contribution in [0.25, 0.3) is 0 Å². The number of amides is 1. The first-order valence-electron chi connectivity index (χ1n) is 5.33. The van der Waals surface area contributed by atoms with Crippen LogP contribution >= 0.6 is 0 Å². The van der Waals surface area contributed by atoms with Crippen molar-refractivity contribution in [2.24, 2.45) is 0 Å². The van der Waals surface area contributed by atoms with Crippen LogP contribution in [0.15, 0.2) is 4.42 Å². The van der Waals surface area contributed by atoms with Gasteiger partial charge in [-0.15, -0.1) is 0 Å². The standard InChI is InChI=1S/C12H19NO3/c1-7(6-15-5)13-12(14)11-8(2)9(3)16-10(11)4/h7H,6H2,1-5H3,(H,13,14). The fourth-order valence-corrected chi connectivity index (χ4v) is 1.72. The summed E-state index contributed by atoms with van der Waals surface area (Å²) in [7, 11) is 1.61. The maximum atomic E-state index is 12.0. The second-order valence-corrected chi connectivity index (χ2v) is 4.04. The maximum Gasteiger partial charge on any atom is 0.255 e. The Bertz CT molecular complexity index is 382. The van der Waals surface area contributed by atoms with E-state index in [4.69, 9.17) is 9.15 Å². The van der Waals surface area contributed by atoms with E-state index in [2.05, 4.69) is 5.32 Å². The molecule has 4 heteroatoms. The fourth-order valence-electron chi connectivity index (χ4n) is 1.72. The summed E-state index contributed by atoms with van der Waals surface area (Å²) < 4.78 is 10.4. The number of hydrogen-bond donors (Lipinski definition) is 1. The number of furan rings is 1. The lowest BCUT2D eigenvalue weighted by Crippen LogP contribution is -2.36. The van der Waals surface area contributed by atoms with Crippen LogP contribution in [-0.2, 0) is 4.74 Å². The van der Waals surface area contributed by atoms with E-state index < -0.39 is 0 Å². The number of rotatable bonds is 4. The van der Waals surface area contributed by atoms with Crippen molar-refractivity contribution in [2.45, 2.75) is 33.7 Å². The molecule has 1 rings (SSSR count). The van der Waals surface area contributed by atoms with Crippen molar-refractivity contribution in [2.75, 3.05) is 13.7 Å². The predicted molar refractivity (Wildman–Crippen MR) is 61.7 cm³/mol. The lowest BCUT2D eigenvalue weighted by Gasteiger charge is -2.12. The molecule has 0 aliphatic carbocycles. The predicted octanol–water partition coefficient (Wildman–Crippen LogP) is 1.97. The minimum absolute atomic E-state index is 0.00786. The molecule has 4 nitrogen and oxygen atoms in total. The van der Waals surface area contributed by atoms with E-state index in [0.717, 1.165) is 11.3 Å². The van der Waals surface area contributed by atoms with Crippen molar-refractivity contribution >= 4 is 5.91 Å². The number of carbonyl (C=O) groups excluding carboxylic acids is 1. The largest absolute Gasteiger partial charge is 0.466 e. The molecule has 0 fully saturated rings. The van der Waals surface area contributed by atoms with Crippen molar-refractivity contribution in [1.29, 1.82) is 0 Å². The molecule has 16 heavy (non-hydrogen) atoms. The number of aryl methyl sites for hydroxylation is 2. The fraction of sp³-hybridized carbons (Fsp3) is 0.583. The van der Waals surface area contributed by atoms with E-state index in [0.29, 0.717) is 17.9 Å². The van der Waals surface area contributed by atoms with Gasteiger partial charge in [-0.1, -0.05) is 0 Å². The van der Waals surface area contributed by atoms with E-state index in [1.807, 2.05) is 20.8 Å². The topological polar surface area (TPSA) is 51.5 Å². The summed E-state index contributed by atoms with van der Waals surface area (Å²) in [6.07, 6.45) is 0. The Labute approximate surface area is 96.0 Å². The lowest BCUT2D eigenvalue weighted by molar-refractivity contribution is 0.0903. The summed E-state index contributed by atoms with van der Waals surface area (Å²) in [5.41, 5.74) is 1.54. The first-order valence-corrected chi connectivity index (χ1v) is 5.33. The van der Waals surface area contributed by atoms with Crippen molar-refractivity contribution in [1.82, 2.24) is 5.32 Å². The Morgan fingerprint density at radius 3 is 2.44 bits per heavy atom. The van der Waals surface area contributed by atoms with Crippen LogP contribution in [0, 0.1) is 20.8 Å². The van der Waals surface area contributed by atoms with E-state index >= 15 is 0 Å². The molecule has 1 heterocycles. The maximum absolute atomic E-state index is 12.0. The van der Waals surface area contributed by atoms with Crippen molar-refractivity contribution in [3.05, 3.63) is 22.6 Å². The zero-order valence-electron chi connectivity index (χ0n) is 10.5. The van der Waals surface area contributed by atoms with Gasteiger partial charge in [0.1, 0.15) is 11.5 Å². The molecule has 0 aromatic carbocycles. The summed E-state index contributed by atoms with van der Waals surface area (Å²) in [6.45, 7) is 7.95. The molecule has 0 bridgehead atoms. The third-order valence-corrected chi connectivity index (χ3v) is 2.58. The summed E-state index contributed by atoms with van der Waals surface area (Å²) in [4.78, 5) is 12.0. The number of carbonyl (C=O) groups is 1. The molecule has 1 aromatic rings. The zero-order valence-corrected chi connectivity index (χ0v) is 10.5. The van der Waals surface area contributed by atoms with Crippen LogP contribution < -0.4 is 5.32 Å². The average Bonchev–Trinajstić information content (AvgIpc) is 2.41. The molecular formula is C12H19NO3. The van der Waals surface area contributed by atoms with Crippen LogP contribution in [0.2, 0.25) is 0 Å². The van der Waals surface area contributed by atoms with Crippen molar-refractivity contribution in [3.8, 4) is 0 Å².